The summed E-state index contributed by atoms with van der Waals surface area (Å²) in [5.41, 5.74) is 11.1. The Morgan fingerprint density at radius 1 is 1.05 bits per heavy atom. The number of nitrogen functional groups attached to an aromatic ring is 1. The summed E-state index contributed by atoms with van der Waals surface area (Å²) >= 11 is 1.65. The highest BCUT2D eigenvalue weighted by Crippen LogP contribution is 2.31. The van der Waals surface area contributed by atoms with Crippen LogP contribution in [-0.4, -0.2) is 4.98 Å². The van der Waals surface area contributed by atoms with Gasteiger partial charge < -0.3 is 5.73 Å². The molecule has 3 heteroatoms. The predicted octanol–water partition coefficient (Wildman–Crippen LogP) is 4.37. The number of hydrogen-bond donors (Lipinski definition) is 1. The fourth-order valence-electron chi connectivity index (χ4n) is 2.04. The number of aryl methyl sites for hydroxylation is 1. The number of thiazole rings is 1. The second kappa shape index (κ2) is 4.86. The molecule has 1 heterocycles. The first kappa shape index (κ1) is 11.9. The lowest BCUT2D eigenvalue weighted by Crippen LogP contribution is -1.89. The van der Waals surface area contributed by atoms with Crippen molar-refractivity contribution in [1.29, 1.82) is 0 Å². The number of para-hydroxylation sites is 1. The molecule has 0 unspecified atom stereocenters. The van der Waals surface area contributed by atoms with Gasteiger partial charge >= 0.3 is 0 Å². The number of aromatic nitrogens is 1. The molecule has 0 spiro atoms. The van der Waals surface area contributed by atoms with Crippen LogP contribution in [0, 0.1) is 6.92 Å². The molecule has 3 aromatic rings. The fraction of sp³-hybridized carbons (Fsp3) is 0.0625. The van der Waals surface area contributed by atoms with Gasteiger partial charge in [0.25, 0.3) is 0 Å². The van der Waals surface area contributed by atoms with Crippen LogP contribution in [0.4, 0.5) is 5.69 Å². The van der Waals surface area contributed by atoms with Gasteiger partial charge in [-0.2, -0.15) is 0 Å². The van der Waals surface area contributed by atoms with Gasteiger partial charge in [0.05, 0.1) is 5.69 Å². The first-order chi connectivity index (χ1) is 9.24. The summed E-state index contributed by atoms with van der Waals surface area (Å²) in [5.74, 6) is 0. The Hall–Kier alpha value is -2.13. The highest BCUT2D eigenvalue weighted by Gasteiger charge is 2.08. The van der Waals surface area contributed by atoms with E-state index in [0.29, 0.717) is 0 Å². The number of benzene rings is 2. The Bertz CT molecular complexity index is 716. The molecule has 1 aromatic heterocycles. The van der Waals surface area contributed by atoms with Gasteiger partial charge in [-0.3, -0.25) is 0 Å². The van der Waals surface area contributed by atoms with Crippen LogP contribution in [0.2, 0.25) is 0 Å². The molecular formula is C16H14N2S. The molecule has 0 atom stereocenters. The molecule has 94 valence electrons. The highest BCUT2D eigenvalue weighted by molar-refractivity contribution is 7.13. The zero-order chi connectivity index (χ0) is 13.2. The summed E-state index contributed by atoms with van der Waals surface area (Å²) < 4.78 is 0. The smallest absolute Gasteiger partial charge is 0.124 e. The average molecular weight is 266 g/mol. The summed E-state index contributed by atoms with van der Waals surface area (Å²) in [5, 5.41) is 3.09. The largest absolute Gasteiger partial charge is 0.398 e. The van der Waals surface area contributed by atoms with Crippen molar-refractivity contribution in [3.63, 3.8) is 0 Å². The number of nitrogens with two attached hydrogens (primary N) is 1. The van der Waals surface area contributed by atoms with Gasteiger partial charge in [0, 0.05) is 22.2 Å². The van der Waals surface area contributed by atoms with Gasteiger partial charge in [-0.15, -0.1) is 11.3 Å². The van der Waals surface area contributed by atoms with Crippen LogP contribution < -0.4 is 5.73 Å². The van der Waals surface area contributed by atoms with E-state index in [0.717, 1.165) is 27.5 Å². The minimum atomic E-state index is 0.767. The molecule has 0 aliphatic rings. The second-order valence-electron chi connectivity index (χ2n) is 4.49. The van der Waals surface area contributed by atoms with Crippen molar-refractivity contribution < 1.29 is 0 Å². The average Bonchev–Trinajstić information content (AvgIpc) is 2.89. The molecular weight excluding hydrogens is 252 g/mol. The number of hydrogen-bond acceptors (Lipinski definition) is 3. The van der Waals surface area contributed by atoms with E-state index in [1.165, 1.54) is 5.56 Å². The number of nitrogens with zero attached hydrogens (tertiary/aromatic N) is 1. The van der Waals surface area contributed by atoms with Gasteiger partial charge in [-0.05, 0) is 19.1 Å². The van der Waals surface area contributed by atoms with Crippen LogP contribution >= 0.6 is 11.3 Å². The summed E-state index contributed by atoms with van der Waals surface area (Å²) in [4.78, 5) is 4.69. The van der Waals surface area contributed by atoms with Crippen LogP contribution in [0.3, 0.4) is 0 Å². The molecule has 0 saturated carbocycles. The van der Waals surface area contributed by atoms with Crippen LogP contribution in [0.1, 0.15) is 5.56 Å². The molecule has 2 N–H and O–H groups in total. The van der Waals surface area contributed by atoms with E-state index in [4.69, 9.17) is 10.7 Å². The standard InChI is InChI=1S/C16H14N2S/c1-11-5-4-6-12(9-11)16-18-15(10-19-16)13-7-2-3-8-14(13)17/h2-10H,17H2,1H3. The first-order valence-electron chi connectivity index (χ1n) is 6.11. The van der Waals surface area contributed by atoms with E-state index in [9.17, 15) is 0 Å². The van der Waals surface area contributed by atoms with Crippen molar-refractivity contribution in [2.45, 2.75) is 6.92 Å². The molecule has 19 heavy (non-hydrogen) atoms. The maximum atomic E-state index is 5.99. The molecule has 2 nitrogen and oxygen atoms in total. The van der Waals surface area contributed by atoms with E-state index in [2.05, 4.69) is 36.6 Å². The first-order valence-corrected chi connectivity index (χ1v) is 6.99. The van der Waals surface area contributed by atoms with E-state index in [1.807, 2.05) is 24.3 Å². The monoisotopic (exact) mass is 266 g/mol. The van der Waals surface area contributed by atoms with Crippen molar-refractivity contribution in [2.75, 3.05) is 5.73 Å². The van der Waals surface area contributed by atoms with Crippen LogP contribution in [0.5, 0.6) is 0 Å². The quantitative estimate of drug-likeness (QED) is 0.700. The molecule has 0 fully saturated rings. The molecule has 0 radical (unpaired) electrons. The summed E-state index contributed by atoms with van der Waals surface area (Å²) in [6.45, 7) is 2.09. The topological polar surface area (TPSA) is 38.9 Å². The molecule has 0 amide bonds. The van der Waals surface area contributed by atoms with E-state index >= 15 is 0 Å². The summed E-state index contributed by atoms with van der Waals surface area (Å²) in [6, 6.07) is 16.2. The Balaban J connectivity index is 2.03. The minimum absolute atomic E-state index is 0.767. The fourth-order valence-corrected chi connectivity index (χ4v) is 2.86. The molecule has 0 bridgehead atoms. The molecule has 0 aliphatic carbocycles. The van der Waals surface area contributed by atoms with Gasteiger partial charge in [0.15, 0.2) is 0 Å². The van der Waals surface area contributed by atoms with E-state index < -0.39 is 0 Å². The van der Waals surface area contributed by atoms with Crippen molar-refractivity contribution in [3.05, 3.63) is 59.5 Å². The third-order valence-corrected chi connectivity index (χ3v) is 3.90. The SMILES string of the molecule is Cc1cccc(-c2nc(-c3ccccc3N)cs2)c1. The maximum Gasteiger partial charge on any atom is 0.124 e. The van der Waals surface area contributed by atoms with Crippen LogP contribution in [-0.2, 0) is 0 Å². The predicted molar refractivity (Wildman–Crippen MR) is 82.1 cm³/mol. The van der Waals surface area contributed by atoms with Gasteiger partial charge in [0.2, 0.25) is 0 Å². The highest BCUT2D eigenvalue weighted by atomic mass is 32.1. The molecule has 3 rings (SSSR count). The van der Waals surface area contributed by atoms with Crippen molar-refractivity contribution in [3.8, 4) is 21.8 Å². The zero-order valence-corrected chi connectivity index (χ0v) is 11.4. The van der Waals surface area contributed by atoms with Crippen molar-refractivity contribution in [1.82, 2.24) is 4.98 Å². The molecule has 2 aromatic carbocycles. The van der Waals surface area contributed by atoms with Gasteiger partial charge in [-0.25, -0.2) is 4.98 Å². The lowest BCUT2D eigenvalue weighted by Gasteiger charge is -2.01. The second-order valence-corrected chi connectivity index (χ2v) is 5.35. The lowest BCUT2D eigenvalue weighted by atomic mass is 10.1. The third kappa shape index (κ3) is 2.37. The maximum absolute atomic E-state index is 5.99. The van der Waals surface area contributed by atoms with Crippen LogP contribution in [0.15, 0.2) is 53.9 Å². The zero-order valence-electron chi connectivity index (χ0n) is 10.6. The van der Waals surface area contributed by atoms with E-state index in [1.54, 1.807) is 11.3 Å². The molecule has 0 saturated heterocycles. The third-order valence-electron chi connectivity index (χ3n) is 3.01. The Kier molecular flexibility index (Phi) is 3.05. The van der Waals surface area contributed by atoms with Crippen molar-refractivity contribution in [2.24, 2.45) is 0 Å². The van der Waals surface area contributed by atoms with Gasteiger partial charge in [0.1, 0.15) is 5.01 Å². The normalized spacial score (nSPS) is 10.6. The minimum Gasteiger partial charge on any atom is -0.398 e. The Morgan fingerprint density at radius 3 is 2.68 bits per heavy atom. The number of rotatable bonds is 2. The van der Waals surface area contributed by atoms with E-state index in [-0.39, 0.29) is 0 Å². The lowest BCUT2D eigenvalue weighted by molar-refractivity contribution is 1.39. The van der Waals surface area contributed by atoms with Gasteiger partial charge in [-0.1, -0.05) is 42.0 Å². The summed E-state index contributed by atoms with van der Waals surface area (Å²) in [7, 11) is 0. The Labute approximate surface area is 116 Å². The van der Waals surface area contributed by atoms with Crippen LogP contribution in [0.25, 0.3) is 21.8 Å². The summed E-state index contributed by atoms with van der Waals surface area (Å²) in [6.07, 6.45) is 0. The number of anilines is 1. The molecule has 0 aliphatic heterocycles. The Morgan fingerprint density at radius 2 is 1.89 bits per heavy atom. The van der Waals surface area contributed by atoms with Crippen molar-refractivity contribution >= 4 is 17.0 Å².